The Morgan fingerprint density at radius 3 is 2.33 bits per heavy atom. The maximum atomic E-state index is 12.3. The fraction of sp³-hybridized carbons (Fsp3) is 0.0714. The van der Waals surface area contributed by atoms with Crippen LogP contribution in [-0.4, -0.2) is 13.0 Å². The van der Waals surface area contributed by atoms with Gasteiger partial charge in [0.25, 0.3) is 5.91 Å². The molecule has 0 aliphatic rings. The van der Waals surface area contributed by atoms with Crippen LogP contribution in [0.5, 0.6) is 0 Å². The lowest BCUT2D eigenvalue weighted by molar-refractivity contribution is 0.0990. The Morgan fingerprint density at radius 1 is 1.11 bits per heavy atom. The highest BCUT2D eigenvalue weighted by Gasteiger charge is 2.15. The first-order valence-electron chi connectivity index (χ1n) is 5.41. The van der Waals surface area contributed by atoms with E-state index in [2.05, 4.69) is 12.6 Å². The number of amides is 1. The third kappa shape index (κ3) is 2.68. The molecule has 2 rings (SSSR count). The van der Waals surface area contributed by atoms with Crippen molar-refractivity contribution in [2.45, 2.75) is 4.90 Å². The van der Waals surface area contributed by atoms with E-state index in [9.17, 15) is 4.79 Å². The molecule has 0 heterocycles. The van der Waals surface area contributed by atoms with Gasteiger partial charge < -0.3 is 4.90 Å². The van der Waals surface area contributed by atoms with E-state index >= 15 is 0 Å². The minimum Gasteiger partial charge on any atom is -0.311 e. The zero-order valence-electron chi connectivity index (χ0n) is 9.80. The van der Waals surface area contributed by atoms with Gasteiger partial charge in [-0.25, -0.2) is 0 Å². The molecule has 4 heteroatoms. The molecule has 1 amide bonds. The Morgan fingerprint density at radius 2 is 1.72 bits per heavy atom. The lowest BCUT2D eigenvalue weighted by atomic mass is 10.2. The van der Waals surface area contributed by atoms with Crippen LogP contribution in [0.15, 0.2) is 53.4 Å². The van der Waals surface area contributed by atoms with Gasteiger partial charge in [0.2, 0.25) is 0 Å². The molecule has 0 radical (unpaired) electrons. The number of hydrogen-bond donors (Lipinski definition) is 1. The van der Waals surface area contributed by atoms with Crippen LogP contribution in [0.3, 0.4) is 0 Å². The predicted octanol–water partition coefficient (Wildman–Crippen LogP) is 3.91. The summed E-state index contributed by atoms with van der Waals surface area (Å²) in [5.41, 5.74) is 1.37. The van der Waals surface area contributed by atoms with Crippen LogP contribution in [-0.2, 0) is 0 Å². The Bertz CT molecular complexity index is 568. The van der Waals surface area contributed by atoms with Gasteiger partial charge in [0.15, 0.2) is 0 Å². The SMILES string of the molecule is CN(C(=O)c1ccccc1S)c1ccc(Cl)cc1. The van der Waals surface area contributed by atoms with Gasteiger partial charge in [-0.05, 0) is 36.4 Å². The van der Waals surface area contributed by atoms with E-state index in [1.807, 2.05) is 12.1 Å². The molecule has 0 atom stereocenters. The van der Waals surface area contributed by atoms with E-state index in [0.29, 0.717) is 15.5 Å². The number of thiol groups is 1. The van der Waals surface area contributed by atoms with Gasteiger partial charge in [0, 0.05) is 22.7 Å². The second-order valence-corrected chi connectivity index (χ2v) is 4.78. The van der Waals surface area contributed by atoms with Gasteiger partial charge in [-0.1, -0.05) is 23.7 Å². The summed E-state index contributed by atoms with van der Waals surface area (Å²) in [6.45, 7) is 0. The summed E-state index contributed by atoms with van der Waals surface area (Å²) in [6, 6.07) is 14.4. The predicted molar refractivity (Wildman–Crippen MR) is 77.9 cm³/mol. The van der Waals surface area contributed by atoms with E-state index in [4.69, 9.17) is 11.6 Å². The van der Waals surface area contributed by atoms with Gasteiger partial charge in [-0.2, -0.15) is 0 Å². The van der Waals surface area contributed by atoms with Crippen molar-refractivity contribution < 1.29 is 4.79 Å². The molecule has 92 valence electrons. The molecule has 0 saturated carbocycles. The van der Waals surface area contributed by atoms with Crippen molar-refractivity contribution in [1.29, 1.82) is 0 Å². The lowest BCUT2D eigenvalue weighted by Crippen LogP contribution is -2.26. The minimum atomic E-state index is -0.0945. The molecule has 0 aromatic heterocycles. The summed E-state index contributed by atoms with van der Waals surface area (Å²) in [5, 5.41) is 0.647. The minimum absolute atomic E-state index is 0.0945. The molecule has 2 aromatic carbocycles. The molecular weight excluding hydrogens is 266 g/mol. The zero-order valence-corrected chi connectivity index (χ0v) is 11.4. The zero-order chi connectivity index (χ0) is 13.1. The molecule has 0 aliphatic heterocycles. The maximum absolute atomic E-state index is 12.3. The van der Waals surface area contributed by atoms with Crippen LogP contribution < -0.4 is 4.90 Å². The van der Waals surface area contributed by atoms with Crippen LogP contribution in [0.1, 0.15) is 10.4 Å². The molecular formula is C14H12ClNOS. The topological polar surface area (TPSA) is 20.3 Å². The van der Waals surface area contributed by atoms with Crippen molar-refractivity contribution in [3.8, 4) is 0 Å². The highest BCUT2D eigenvalue weighted by atomic mass is 35.5. The average Bonchev–Trinajstić information content (AvgIpc) is 2.38. The number of anilines is 1. The van der Waals surface area contributed by atoms with Crippen molar-refractivity contribution >= 4 is 35.8 Å². The second-order valence-electron chi connectivity index (χ2n) is 3.86. The third-order valence-corrected chi connectivity index (χ3v) is 3.29. The van der Waals surface area contributed by atoms with Crippen LogP contribution >= 0.6 is 24.2 Å². The second kappa shape index (κ2) is 5.46. The Hall–Kier alpha value is -1.45. The molecule has 0 fully saturated rings. The number of halogens is 1. The van der Waals surface area contributed by atoms with E-state index in [1.165, 1.54) is 0 Å². The first-order valence-corrected chi connectivity index (χ1v) is 6.24. The summed E-state index contributed by atoms with van der Waals surface area (Å²) in [6.07, 6.45) is 0. The van der Waals surface area contributed by atoms with E-state index in [1.54, 1.807) is 48.3 Å². The van der Waals surface area contributed by atoms with Crippen LogP contribution in [0.2, 0.25) is 5.02 Å². The van der Waals surface area contributed by atoms with Gasteiger partial charge >= 0.3 is 0 Å². The Kier molecular flexibility index (Phi) is 3.94. The van der Waals surface area contributed by atoms with E-state index in [-0.39, 0.29) is 5.91 Å². The molecule has 0 unspecified atom stereocenters. The summed E-state index contributed by atoms with van der Waals surface area (Å²) >= 11 is 10.1. The van der Waals surface area contributed by atoms with E-state index < -0.39 is 0 Å². The quantitative estimate of drug-likeness (QED) is 0.826. The molecule has 0 saturated heterocycles. The first-order chi connectivity index (χ1) is 8.59. The summed E-state index contributed by atoms with van der Waals surface area (Å²) in [7, 11) is 1.73. The largest absolute Gasteiger partial charge is 0.311 e. The van der Waals surface area contributed by atoms with Crippen LogP contribution in [0.25, 0.3) is 0 Å². The fourth-order valence-corrected chi connectivity index (χ4v) is 2.00. The van der Waals surface area contributed by atoms with Crippen LogP contribution in [0, 0.1) is 0 Å². The highest BCUT2D eigenvalue weighted by Crippen LogP contribution is 2.21. The summed E-state index contributed by atoms with van der Waals surface area (Å²) < 4.78 is 0. The van der Waals surface area contributed by atoms with E-state index in [0.717, 1.165) is 5.69 Å². The maximum Gasteiger partial charge on any atom is 0.259 e. The normalized spacial score (nSPS) is 10.2. The molecule has 18 heavy (non-hydrogen) atoms. The van der Waals surface area contributed by atoms with Crippen molar-refractivity contribution in [3.05, 3.63) is 59.1 Å². The molecule has 0 bridgehead atoms. The molecule has 0 aliphatic carbocycles. The molecule has 0 spiro atoms. The number of carbonyl (C=O) groups is 1. The lowest BCUT2D eigenvalue weighted by Gasteiger charge is -2.18. The van der Waals surface area contributed by atoms with Gasteiger partial charge in [0.1, 0.15) is 0 Å². The Balaban J connectivity index is 2.29. The number of hydrogen-bond acceptors (Lipinski definition) is 2. The van der Waals surface area contributed by atoms with Crippen molar-refractivity contribution in [3.63, 3.8) is 0 Å². The highest BCUT2D eigenvalue weighted by molar-refractivity contribution is 7.80. The molecule has 2 nitrogen and oxygen atoms in total. The first kappa shape index (κ1) is 13.0. The van der Waals surface area contributed by atoms with Crippen molar-refractivity contribution in [2.24, 2.45) is 0 Å². The number of rotatable bonds is 2. The van der Waals surface area contributed by atoms with Crippen LogP contribution in [0.4, 0.5) is 5.69 Å². The number of nitrogens with zero attached hydrogens (tertiary/aromatic N) is 1. The van der Waals surface area contributed by atoms with Gasteiger partial charge in [-0.15, -0.1) is 12.6 Å². The van der Waals surface area contributed by atoms with Crippen molar-refractivity contribution in [1.82, 2.24) is 0 Å². The monoisotopic (exact) mass is 277 g/mol. The molecule has 0 N–H and O–H groups in total. The van der Waals surface area contributed by atoms with Gasteiger partial charge in [0.05, 0.1) is 5.56 Å². The smallest absolute Gasteiger partial charge is 0.259 e. The summed E-state index contributed by atoms with van der Waals surface area (Å²) in [5.74, 6) is -0.0945. The third-order valence-electron chi connectivity index (χ3n) is 2.65. The number of carbonyl (C=O) groups excluding carboxylic acids is 1. The van der Waals surface area contributed by atoms with Gasteiger partial charge in [-0.3, -0.25) is 4.79 Å². The number of benzene rings is 2. The Labute approximate surface area is 117 Å². The molecule has 2 aromatic rings. The standard InChI is InChI=1S/C14H12ClNOS/c1-16(11-8-6-10(15)7-9-11)14(17)12-4-2-3-5-13(12)18/h2-9,18H,1H3. The fourth-order valence-electron chi connectivity index (χ4n) is 1.62. The summed E-state index contributed by atoms with van der Waals surface area (Å²) in [4.78, 5) is 14.5. The van der Waals surface area contributed by atoms with Crippen molar-refractivity contribution in [2.75, 3.05) is 11.9 Å². The average molecular weight is 278 g/mol.